The van der Waals surface area contributed by atoms with Gasteiger partial charge in [-0.05, 0) is 57.5 Å². The van der Waals surface area contributed by atoms with Crippen molar-refractivity contribution >= 4 is 47.2 Å². The molecule has 2 aliphatic rings. The fourth-order valence-corrected chi connectivity index (χ4v) is 4.07. The number of aryl methyl sites for hydroxylation is 1. The van der Waals surface area contributed by atoms with Crippen LogP contribution in [-0.2, 0) is 0 Å². The summed E-state index contributed by atoms with van der Waals surface area (Å²) in [4.78, 5) is 12.2. The van der Waals surface area contributed by atoms with Crippen LogP contribution in [0.3, 0.4) is 0 Å². The number of rotatable bonds is 4. The fourth-order valence-electron chi connectivity index (χ4n) is 3.90. The van der Waals surface area contributed by atoms with Crippen LogP contribution >= 0.6 is 35.6 Å². The highest BCUT2D eigenvalue weighted by Gasteiger charge is 2.23. The lowest BCUT2D eigenvalue weighted by Crippen LogP contribution is -2.52. The number of anilines is 1. The molecule has 0 saturated carbocycles. The number of aliphatic imine (C=N–C) groups is 1. The van der Waals surface area contributed by atoms with Gasteiger partial charge in [0, 0.05) is 56.5 Å². The third-order valence-corrected chi connectivity index (χ3v) is 5.65. The maximum atomic E-state index is 6.20. The van der Waals surface area contributed by atoms with E-state index < -0.39 is 0 Å². The van der Waals surface area contributed by atoms with Crippen molar-refractivity contribution in [3.8, 4) is 0 Å². The zero-order valence-corrected chi connectivity index (χ0v) is 19.8. The number of nitrogens with one attached hydrogen (secondary N) is 1. The minimum atomic E-state index is 0. The largest absolute Gasteiger partial charge is 0.368 e. The van der Waals surface area contributed by atoms with Crippen molar-refractivity contribution in [2.24, 2.45) is 10.9 Å². The van der Waals surface area contributed by atoms with Crippen molar-refractivity contribution in [2.75, 3.05) is 64.3 Å². The third kappa shape index (κ3) is 6.12. The number of guanidine groups is 1. The molecule has 27 heavy (non-hydrogen) atoms. The summed E-state index contributed by atoms with van der Waals surface area (Å²) < 4.78 is 0. The molecule has 2 saturated heterocycles. The van der Waals surface area contributed by atoms with Gasteiger partial charge in [0.05, 0.1) is 0 Å². The molecule has 0 aliphatic carbocycles. The normalized spacial score (nSPS) is 21.3. The molecular formula is C20H33ClIN5. The average molecular weight is 506 g/mol. The number of halogens is 2. The predicted molar refractivity (Wildman–Crippen MR) is 127 cm³/mol. The standard InChI is InChI=1S/C20H32ClN5.HI/c1-4-22-20(23-14-17-7-8-24(3)15-17)26-11-9-25(10-12-26)19-13-18(21)6-5-16(19)2;/h5-6,13,17H,4,7-12,14-15H2,1-3H3,(H,22,23);1H. The minimum Gasteiger partial charge on any atom is -0.368 e. The molecular weight excluding hydrogens is 473 g/mol. The van der Waals surface area contributed by atoms with Gasteiger partial charge in [-0.2, -0.15) is 0 Å². The average Bonchev–Trinajstić information content (AvgIpc) is 3.06. The Balaban J connectivity index is 0.00000261. The van der Waals surface area contributed by atoms with E-state index in [1.54, 1.807) is 0 Å². The summed E-state index contributed by atoms with van der Waals surface area (Å²) in [6.07, 6.45) is 1.27. The van der Waals surface area contributed by atoms with Crippen molar-refractivity contribution in [3.05, 3.63) is 28.8 Å². The van der Waals surface area contributed by atoms with Gasteiger partial charge in [0.2, 0.25) is 0 Å². The van der Waals surface area contributed by atoms with Gasteiger partial charge >= 0.3 is 0 Å². The van der Waals surface area contributed by atoms with E-state index in [-0.39, 0.29) is 24.0 Å². The van der Waals surface area contributed by atoms with E-state index in [2.05, 4.69) is 53.0 Å². The van der Waals surface area contributed by atoms with Gasteiger partial charge in [0.15, 0.2) is 5.96 Å². The van der Waals surface area contributed by atoms with Gasteiger partial charge in [-0.1, -0.05) is 17.7 Å². The second-order valence-corrected chi connectivity index (χ2v) is 7.95. The highest BCUT2D eigenvalue weighted by Crippen LogP contribution is 2.25. The third-order valence-electron chi connectivity index (χ3n) is 5.41. The van der Waals surface area contributed by atoms with Crippen LogP contribution in [0.1, 0.15) is 18.9 Å². The van der Waals surface area contributed by atoms with Crippen molar-refractivity contribution in [1.29, 1.82) is 0 Å². The molecule has 0 amide bonds. The van der Waals surface area contributed by atoms with Gasteiger partial charge in [0.1, 0.15) is 0 Å². The van der Waals surface area contributed by atoms with Crippen LogP contribution in [0.4, 0.5) is 5.69 Å². The van der Waals surface area contributed by atoms with E-state index in [0.29, 0.717) is 5.92 Å². The summed E-state index contributed by atoms with van der Waals surface area (Å²) in [5, 5.41) is 4.29. The van der Waals surface area contributed by atoms with Gasteiger partial charge in [-0.15, -0.1) is 24.0 Å². The maximum absolute atomic E-state index is 6.20. The first-order valence-electron chi connectivity index (χ1n) is 9.79. The van der Waals surface area contributed by atoms with Crippen molar-refractivity contribution < 1.29 is 0 Å². The summed E-state index contributed by atoms with van der Waals surface area (Å²) in [5.74, 6) is 1.77. The van der Waals surface area contributed by atoms with Crippen LogP contribution in [-0.4, -0.2) is 75.2 Å². The molecule has 1 atom stereocenters. The first-order valence-corrected chi connectivity index (χ1v) is 10.2. The second kappa shape index (κ2) is 10.7. The van der Waals surface area contributed by atoms with Crippen LogP contribution in [0.2, 0.25) is 5.02 Å². The van der Waals surface area contributed by atoms with E-state index in [4.69, 9.17) is 16.6 Å². The topological polar surface area (TPSA) is 34.1 Å². The quantitative estimate of drug-likeness (QED) is 0.387. The zero-order valence-electron chi connectivity index (χ0n) is 16.7. The van der Waals surface area contributed by atoms with E-state index in [1.165, 1.54) is 30.8 Å². The van der Waals surface area contributed by atoms with Crippen LogP contribution in [0.5, 0.6) is 0 Å². The molecule has 152 valence electrons. The summed E-state index contributed by atoms with van der Waals surface area (Å²) in [6, 6.07) is 6.16. The Morgan fingerprint density at radius 2 is 1.96 bits per heavy atom. The molecule has 0 bridgehead atoms. The Hall–Kier alpha value is -0.730. The molecule has 0 radical (unpaired) electrons. The Kier molecular flexibility index (Phi) is 8.95. The van der Waals surface area contributed by atoms with Gasteiger partial charge < -0.3 is 20.0 Å². The highest BCUT2D eigenvalue weighted by atomic mass is 127. The van der Waals surface area contributed by atoms with E-state index in [0.717, 1.165) is 50.3 Å². The Morgan fingerprint density at radius 3 is 2.59 bits per heavy atom. The zero-order chi connectivity index (χ0) is 18.5. The molecule has 1 aromatic carbocycles. The minimum absolute atomic E-state index is 0. The summed E-state index contributed by atoms with van der Waals surface area (Å²) in [7, 11) is 2.20. The molecule has 7 heteroatoms. The van der Waals surface area contributed by atoms with Crippen molar-refractivity contribution in [2.45, 2.75) is 20.3 Å². The fraction of sp³-hybridized carbons (Fsp3) is 0.650. The molecule has 1 aromatic rings. The number of hydrogen-bond donors (Lipinski definition) is 1. The SMILES string of the molecule is CCNC(=NCC1CCN(C)C1)N1CCN(c2cc(Cl)ccc2C)CC1.I. The molecule has 2 aliphatic heterocycles. The molecule has 1 unspecified atom stereocenters. The smallest absolute Gasteiger partial charge is 0.194 e. The van der Waals surface area contributed by atoms with Gasteiger partial charge in [0.25, 0.3) is 0 Å². The Labute approximate surface area is 186 Å². The highest BCUT2D eigenvalue weighted by molar-refractivity contribution is 14.0. The first kappa shape index (κ1) is 22.6. The van der Waals surface area contributed by atoms with Crippen molar-refractivity contribution in [1.82, 2.24) is 15.1 Å². The molecule has 3 rings (SSSR count). The Morgan fingerprint density at radius 1 is 1.22 bits per heavy atom. The van der Waals surface area contributed by atoms with E-state index in [1.807, 2.05) is 6.07 Å². The maximum Gasteiger partial charge on any atom is 0.194 e. The van der Waals surface area contributed by atoms with Gasteiger partial charge in [-0.3, -0.25) is 4.99 Å². The number of piperazine rings is 1. The number of nitrogens with zero attached hydrogens (tertiary/aromatic N) is 4. The summed E-state index contributed by atoms with van der Waals surface area (Å²) in [6.45, 7) is 12.5. The van der Waals surface area contributed by atoms with E-state index in [9.17, 15) is 0 Å². The lowest BCUT2D eigenvalue weighted by atomic mass is 10.1. The number of likely N-dealkylation sites (tertiary alicyclic amines) is 1. The van der Waals surface area contributed by atoms with Gasteiger partial charge in [-0.25, -0.2) is 0 Å². The molecule has 0 spiro atoms. The van der Waals surface area contributed by atoms with Crippen LogP contribution in [0, 0.1) is 12.8 Å². The number of hydrogen-bond acceptors (Lipinski definition) is 3. The summed E-state index contributed by atoms with van der Waals surface area (Å²) in [5.41, 5.74) is 2.54. The number of benzene rings is 1. The van der Waals surface area contributed by atoms with Crippen LogP contribution in [0.25, 0.3) is 0 Å². The van der Waals surface area contributed by atoms with E-state index >= 15 is 0 Å². The Bertz CT molecular complexity index is 631. The molecule has 1 N–H and O–H groups in total. The van der Waals surface area contributed by atoms with Crippen molar-refractivity contribution in [3.63, 3.8) is 0 Å². The lowest BCUT2D eigenvalue weighted by molar-refractivity contribution is 0.369. The monoisotopic (exact) mass is 505 g/mol. The van der Waals surface area contributed by atoms with Crippen LogP contribution in [0.15, 0.2) is 23.2 Å². The molecule has 2 heterocycles. The first-order chi connectivity index (χ1) is 12.6. The second-order valence-electron chi connectivity index (χ2n) is 7.52. The summed E-state index contributed by atoms with van der Waals surface area (Å²) >= 11 is 6.20. The molecule has 0 aromatic heterocycles. The molecule has 5 nitrogen and oxygen atoms in total. The lowest BCUT2D eigenvalue weighted by Gasteiger charge is -2.38. The predicted octanol–water partition coefficient (Wildman–Crippen LogP) is 3.31. The molecule has 2 fully saturated rings. The van der Waals surface area contributed by atoms with Crippen LogP contribution < -0.4 is 10.2 Å².